The van der Waals surface area contributed by atoms with Gasteiger partial charge in [0.05, 0.1) is 0 Å². The standard InChI is InChI=1S/C15H21FN2O2/c1-11(2)17-7-9-18(10-8-17)15(20)14(19)12-5-3-4-6-13(12)16/h3-6,11,14,19H,7-10H2,1-2H3. The lowest BCUT2D eigenvalue weighted by Gasteiger charge is -2.37. The minimum absolute atomic E-state index is 0.0452. The summed E-state index contributed by atoms with van der Waals surface area (Å²) in [6.45, 7) is 6.95. The Hall–Kier alpha value is -1.46. The number of carbonyl (C=O) groups is 1. The summed E-state index contributed by atoms with van der Waals surface area (Å²) in [5, 5.41) is 10.1. The third kappa shape index (κ3) is 3.16. The van der Waals surface area contributed by atoms with Gasteiger partial charge in [0.2, 0.25) is 0 Å². The molecular formula is C15H21FN2O2. The molecule has 1 aromatic carbocycles. The molecule has 1 N–H and O–H groups in total. The third-order valence-electron chi connectivity index (χ3n) is 3.79. The van der Waals surface area contributed by atoms with E-state index >= 15 is 0 Å². The first-order chi connectivity index (χ1) is 9.50. The first-order valence-corrected chi connectivity index (χ1v) is 6.96. The number of amides is 1. The fourth-order valence-corrected chi connectivity index (χ4v) is 2.46. The van der Waals surface area contributed by atoms with Crippen LogP contribution in [0.5, 0.6) is 0 Å². The topological polar surface area (TPSA) is 43.8 Å². The Kier molecular flexibility index (Phi) is 4.73. The summed E-state index contributed by atoms with van der Waals surface area (Å²) in [6, 6.07) is 6.30. The van der Waals surface area contributed by atoms with E-state index in [4.69, 9.17) is 0 Å². The van der Waals surface area contributed by atoms with E-state index in [2.05, 4.69) is 18.7 Å². The molecule has 4 nitrogen and oxygen atoms in total. The molecular weight excluding hydrogens is 259 g/mol. The zero-order valence-corrected chi connectivity index (χ0v) is 11.9. The highest BCUT2D eigenvalue weighted by Crippen LogP contribution is 2.20. The van der Waals surface area contributed by atoms with Crippen LogP contribution in [0.1, 0.15) is 25.5 Å². The largest absolute Gasteiger partial charge is 0.378 e. The Morgan fingerprint density at radius 3 is 2.35 bits per heavy atom. The van der Waals surface area contributed by atoms with Crippen LogP contribution < -0.4 is 0 Å². The number of halogens is 1. The Labute approximate surface area is 118 Å². The van der Waals surface area contributed by atoms with Crippen molar-refractivity contribution in [3.05, 3.63) is 35.6 Å². The molecule has 0 aliphatic carbocycles. The van der Waals surface area contributed by atoms with E-state index in [1.807, 2.05) is 0 Å². The van der Waals surface area contributed by atoms with Gasteiger partial charge in [0, 0.05) is 37.8 Å². The van der Waals surface area contributed by atoms with Crippen LogP contribution in [0.3, 0.4) is 0 Å². The maximum absolute atomic E-state index is 13.6. The van der Waals surface area contributed by atoms with E-state index in [0.29, 0.717) is 19.1 Å². The molecule has 1 amide bonds. The molecule has 110 valence electrons. The second-order valence-corrected chi connectivity index (χ2v) is 5.38. The molecule has 1 atom stereocenters. The summed E-state index contributed by atoms with van der Waals surface area (Å²) in [7, 11) is 0. The Bertz CT molecular complexity index is 471. The first-order valence-electron chi connectivity index (χ1n) is 6.96. The van der Waals surface area contributed by atoms with Crippen LogP contribution in [0.4, 0.5) is 4.39 Å². The van der Waals surface area contributed by atoms with Crippen molar-refractivity contribution in [3.63, 3.8) is 0 Å². The maximum atomic E-state index is 13.6. The van der Waals surface area contributed by atoms with Gasteiger partial charge in [-0.3, -0.25) is 9.69 Å². The summed E-state index contributed by atoms with van der Waals surface area (Å²) in [5.74, 6) is -0.965. The van der Waals surface area contributed by atoms with E-state index < -0.39 is 17.8 Å². The minimum Gasteiger partial charge on any atom is -0.378 e. The van der Waals surface area contributed by atoms with Crippen molar-refractivity contribution in [3.8, 4) is 0 Å². The highest BCUT2D eigenvalue weighted by molar-refractivity contribution is 5.82. The number of benzene rings is 1. The number of hydrogen-bond acceptors (Lipinski definition) is 3. The Morgan fingerprint density at radius 1 is 1.20 bits per heavy atom. The third-order valence-corrected chi connectivity index (χ3v) is 3.79. The van der Waals surface area contributed by atoms with E-state index in [1.54, 1.807) is 11.0 Å². The van der Waals surface area contributed by atoms with Crippen LogP contribution in [0, 0.1) is 5.82 Å². The number of rotatable bonds is 3. The summed E-state index contributed by atoms with van der Waals surface area (Å²) < 4.78 is 13.6. The molecule has 1 unspecified atom stereocenters. The lowest BCUT2D eigenvalue weighted by molar-refractivity contribution is -0.142. The van der Waals surface area contributed by atoms with Gasteiger partial charge in [-0.1, -0.05) is 18.2 Å². The Balaban J connectivity index is 2.00. The van der Waals surface area contributed by atoms with Crippen molar-refractivity contribution in [1.29, 1.82) is 0 Å². The second-order valence-electron chi connectivity index (χ2n) is 5.38. The number of aliphatic hydroxyl groups is 1. The number of aliphatic hydroxyl groups excluding tert-OH is 1. The van der Waals surface area contributed by atoms with Gasteiger partial charge in [-0.15, -0.1) is 0 Å². The second kappa shape index (κ2) is 6.33. The van der Waals surface area contributed by atoms with Gasteiger partial charge in [0.25, 0.3) is 5.91 Å². The molecule has 0 radical (unpaired) electrons. The van der Waals surface area contributed by atoms with E-state index in [9.17, 15) is 14.3 Å². The zero-order valence-electron chi connectivity index (χ0n) is 11.9. The maximum Gasteiger partial charge on any atom is 0.256 e. The van der Waals surface area contributed by atoms with Crippen LogP contribution >= 0.6 is 0 Å². The molecule has 1 aliphatic rings. The van der Waals surface area contributed by atoms with Gasteiger partial charge < -0.3 is 10.0 Å². The van der Waals surface area contributed by atoms with E-state index in [0.717, 1.165) is 13.1 Å². The van der Waals surface area contributed by atoms with Gasteiger partial charge in [-0.25, -0.2) is 4.39 Å². The Morgan fingerprint density at radius 2 is 1.80 bits per heavy atom. The highest BCUT2D eigenvalue weighted by atomic mass is 19.1. The monoisotopic (exact) mass is 280 g/mol. The van der Waals surface area contributed by atoms with Gasteiger partial charge in [-0.2, -0.15) is 0 Å². The number of piperazine rings is 1. The van der Waals surface area contributed by atoms with Crippen molar-refractivity contribution in [2.24, 2.45) is 0 Å². The molecule has 0 bridgehead atoms. The quantitative estimate of drug-likeness (QED) is 0.910. The molecule has 1 saturated heterocycles. The molecule has 0 saturated carbocycles. The van der Waals surface area contributed by atoms with Crippen LogP contribution in [0.15, 0.2) is 24.3 Å². The molecule has 0 spiro atoms. The minimum atomic E-state index is -1.42. The predicted molar refractivity (Wildman–Crippen MR) is 74.6 cm³/mol. The molecule has 0 aromatic heterocycles. The average molecular weight is 280 g/mol. The van der Waals surface area contributed by atoms with Crippen molar-refractivity contribution in [2.45, 2.75) is 26.0 Å². The molecule has 1 aliphatic heterocycles. The van der Waals surface area contributed by atoms with E-state index in [1.165, 1.54) is 18.2 Å². The van der Waals surface area contributed by atoms with Gasteiger partial charge in [0.15, 0.2) is 6.10 Å². The molecule has 5 heteroatoms. The molecule has 1 heterocycles. The predicted octanol–water partition coefficient (Wildman–Crippen LogP) is 1.41. The van der Waals surface area contributed by atoms with Gasteiger partial charge in [-0.05, 0) is 19.9 Å². The van der Waals surface area contributed by atoms with Gasteiger partial charge >= 0.3 is 0 Å². The summed E-state index contributed by atoms with van der Waals surface area (Å²) in [6.07, 6.45) is -1.42. The summed E-state index contributed by atoms with van der Waals surface area (Å²) in [5.41, 5.74) is 0.0452. The number of hydrogen-bond donors (Lipinski definition) is 1. The highest BCUT2D eigenvalue weighted by Gasteiger charge is 2.28. The van der Waals surface area contributed by atoms with Crippen molar-refractivity contribution in [2.75, 3.05) is 26.2 Å². The molecule has 20 heavy (non-hydrogen) atoms. The molecule has 1 aromatic rings. The van der Waals surface area contributed by atoms with Crippen molar-refractivity contribution >= 4 is 5.91 Å². The lowest BCUT2D eigenvalue weighted by atomic mass is 10.1. The van der Waals surface area contributed by atoms with Crippen LogP contribution in [0.2, 0.25) is 0 Å². The fraction of sp³-hybridized carbons (Fsp3) is 0.533. The van der Waals surface area contributed by atoms with Gasteiger partial charge in [0.1, 0.15) is 5.82 Å². The zero-order chi connectivity index (χ0) is 14.7. The van der Waals surface area contributed by atoms with E-state index in [-0.39, 0.29) is 5.56 Å². The van der Waals surface area contributed by atoms with Crippen LogP contribution in [0.25, 0.3) is 0 Å². The van der Waals surface area contributed by atoms with Crippen molar-refractivity contribution < 1.29 is 14.3 Å². The van der Waals surface area contributed by atoms with Crippen molar-refractivity contribution in [1.82, 2.24) is 9.80 Å². The number of nitrogens with zero attached hydrogens (tertiary/aromatic N) is 2. The SMILES string of the molecule is CC(C)N1CCN(C(=O)C(O)c2ccccc2F)CC1. The molecule has 2 rings (SSSR count). The molecule has 1 fully saturated rings. The average Bonchev–Trinajstić information content (AvgIpc) is 2.46. The fourth-order valence-electron chi connectivity index (χ4n) is 2.46. The summed E-state index contributed by atoms with van der Waals surface area (Å²) >= 11 is 0. The smallest absolute Gasteiger partial charge is 0.256 e. The number of carbonyl (C=O) groups excluding carboxylic acids is 1. The summed E-state index contributed by atoms with van der Waals surface area (Å²) in [4.78, 5) is 16.1. The van der Waals surface area contributed by atoms with Crippen LogP contribution in [-0.2, 0) is 4.79 Å². The first kappa shape index (κ1) is 14.9. The lowest BCUT2D eigenvalue weighted by Crippen LogP contribution is -2.51. The van der Waals surface area contributed by atoms with Crippen LogP contribution in [-0.4, -0.2) is 53.0 Å². The normalized spacial score (nSPS) is 18.4.